The highest BCUT2D eigenvalue weighted by molar-refractivity contribution is 7.67. The van der Waals surface area contributed by atoms with Crippen LogP contribution in [0.15, 0.2) is 24.3 Å². The van der Waals surface area contributed by atoms with Crippen molar-refractivity contribution < 1.29 is 17.7 Å². The van der Waals surface area contributed by atoms with E-state index in [1.54, 1.807) is 24.3 Å². The van der Waals surface area contributed by atoms with Gasteiger partial charge in [0.25, 0.3) is 11.0 Å². The maximum absolute atomic E-state index is 10.8. The first-order chi connectivity index (χ1) is 12.3. The highest BCUT2D eigenvalue weighted by Gasteiger charge is 2.19. The van der Waals surface area contributed by atoms with Crippen molar-refractivity contribution >= 4 is 22.3 Å². The lowest BCUT2D eigenvalue weighted by molar-refractivity contribution is 0.249. The summed E-state index contributed by atoms with van der Waals surface area (Å²) < 4.78 is 26.6. The summed E-state index contributed by atoms with van der Waals surface area (Å²) in [6.07, 6.45) is 2.44. The highest BCUT2D eigenvalue weighted by Crippen LogP contribution is 2.37. The smallest absolute Gasteiger partial charge is 0.257 e. The largest absolute Gasteiger partial charge is 0.508 e. The number of rotatable bonds is 9. The highest BCUT2D eigenvalue weighted by atomic mass is 32.2. The molecule has 0 saturated heterocycles. The van der Waals surface area contributed by atoms with Crippen molar-refractivity contribution in [2.75, 3.05) is 0 Å². The van der Waals surface area contributed by atoms with E-state index in [9.17, 15) is 13.5 Å². The molecule has 3 N–H and O–H groups in total. The zero-order valence-corrected chi connectivity index (χ0v) is 17.1. The van der Waals surface area contributed by atoms with Crippen molar-refractivity contribution in [3.8, 4) is 5.75 Å². The molecule has 0 aliphatic heterocycles. The zero-order valence-electron chi connectivity index (χ0n) is 15.4. The molecule has 2 aromatic rings. The summed E-state index contributed by atoms with van der Waals surface area (Å²) in [4.78, 5) is 2.22. The van der Waals surface area contributed by atoms with Gasteiger partial charge >= 0.3 is 0 Å². The molecule has 0 spiro atoms. The molecular formula is C19H27NO4S2. The molecule has 0 aliphatic carbocycles. The molecule has 0 bridgehead atoms. The van der Waals surface area contributed by atoms with E-state index in [1.807, 2.05) is 19.1 Å². The zero-order chi connectivity index (χ0) is 19.3. The molecule has 2 rings (SSSR count). The normalized spacial score (nSPS) is 13.9. The quantitative estimate of drug-likeness (QED) is 0.558. The Balaban J connectivity index is 2.11. The van der Waals surface area contributed by atoms with Gasteiger partial charge in [0, 0.05) is 21.9 Å². The second-order valence-electron chi connectivity index (χ2n) is 6.48. The predicted octanol–water partition coefficient (Wildman–Crippen LogP) is 3.95. The standard InChI is InChI=1S/C19H27NO4S2/c1-4-15(7-5-14-6-8-17(21)16(10-14)11-20)18-9-12(2)19(25-18)13(3)24-26(22)23/h6,8-10,13,15,21,26H,4-5,7,11,20H2,1-3H3. The van der Waals surface area contributed by atoms with Crippen molar-refractivity contribution in [1.82, 2.24) is 0 Å². The Morgan fingerprint density at radius 3 is 2.65 bits per heavy atom. The fourth-order valence-electron chi connectivity index (χ4n) is 3.15. The van der Waals surface area contributed by atoms with Gasteiger partial charge in [-0.25, -0.2) is 8.42 Å². The summed E-state index contributed by atoms with van der Waals surface area (Å²) in [5, 5.41) is 9.75. The summed E-state index contributed by atoms with van der Waals surface area (Å²) in [5.74, 6) is 0.642. The number of benzene rings is 1. The van der Waals surface area contributed by atoms with Crippen molar-refractivity contribution in [1.29, 1.82) is 0 Å². The number of phenolic OH excluding ortho intramolecular Hbond substituents is 1. The third-order valence-electron chi connectivity index (χ3n) is 4.63. The van der Waals surface area contributed by atoms with Gasteiger partial charge in [-0.05, 0) is 62.3 Å². The Morgan fingerprint density at radius 2 is 2.04 bits per heavy atom. The molecule has 0 saturated carbocycles. The summed E-state index contributed by atoms with van der Waals surface area (Å²) >= 11 is 1.64. The third-order valence-corrected chi connectivity index (χ3v) is 6.68. The number of aromatic hydroxyl groups is 1. The minimum absolute atomic E-state index is 0.243. The average Bonchev–Trinajstić information content (AvgIpc) is 2.98. The minimum atomic E-state index is -2.85. The summed E-state index contributed by atoms with van der Waals surface area (Å²) in [7, 11) is -2.85. The molecule has 2 atom stereocenters. The minimum Gasteiger partial charge on any atom is -0.508 e. The van der Waals surface area contributed by atoms with Gasteiger partial charge in [-0.3, -0.25) is 4.18 Å². The van der Waals surface area contributed by atoms with Crippen molar-refractivity contribution in [2.45, 2.75) is 58.6 Å². The summed E-state index contributed by atoms with van der Waals surface area (Å²) in [5.41, 5.74) is 8.66. The average molecular weight is 398 g/mol. The molecule has 1 heterocycles. The van der Waals surface area contributed by atoms with E-state index in [-0.39, 0.29) is 5.75 Å². The maximum atomic E-state index is 10.8. The van der Waals surface area contributed by atoms with Crippen molar-refractivity contribution in [3.63, 3.8) is 0 Å². The van der Waals surface area contributed by atoms with Gasteiger partial charge < -0.3 is 10.8 Å². The van der Waals surface area contributed by atoms with E-state index in [1.165, 1.54) is 4.88 Å². The van der Waals surface area contributed by atoms with Crippen LogP contribution >= 0.6 is 11.3 Å². The van der Waals surface area contributed by atoms with Crippen LogP contribution in [0.1, 0.15) is 65.2 Å². The summed E-state index contributed by atoms with van der Waals surface area (Å²) in [6, 6.07) is 7.75. The molecule has 0 aliphatic rings. The monoisotopic (exact) mass is 397 g/mol. The lowest BCUT2D eigenvalue weighted by atomic mass is 9.94. The van der Waals surface area contributed by atoms with Gasteiger partial charge in [-0.15, -0.1) is 11.3 Å². The Hall–Kier alpha value is -1.41. The van der Waals surface area contributed by atoms with Crippen LogP contribution in [-0.4, -0.2) is 13.5 Å². The molecule has 7 heteroatoms. The predicted molar refractivity (Wildman–Crippen MR) is 106 cm³/mol. The fraction of sp³-hybridized carbons (Fsp3) is 0.474. The number of hydrogen-bond donors (Lipinski definition) is 3. The lowest BCUT2D eigenvalue weighted by Crippen LogP contribution is -2.00. The van der Waals surface area contributed by atoms with E-state index in [2.05, 4.69) is 13.0 Å². The van der Waals surface area contributed by atoms with Gasteiger partial charge in [0.05, 0.1) is 0 Å². The van der Waals surface area contributed by atoms with Crippen LogP contribution in [0.4, 0.5) is 0 Å². The second-order valence-corrected chi connectivity index (χ2v) is 8.25. The van der Waals surface area contributed by atoms with Crippen LogP contribution in [0.25, 0.3) is 0 Å². The van der Waals surface area contributed by atoms with Gasteiger partial charge in [0.2, 0.25) is 0 Å². The van der Waals surface area contributed by atoms with E-state index in [4.69, 9.17) is 9.92 Å². The Labute approximate surface area is 161 Å². The fourth-order valence-corrected chi connectivity index (χ4v) is 4.96. The first kappa shape index (κ1) is 20.9. The van der Waals surface area contributed by atoms with Gasteiger partial charge in [-0.1, -0.05) is 19.1 Å². The molecule has 1 aromatic heterocycles. The number of phenols is 1. The molecule has 5 nitrogen and oxygen atoms in total. The van der Waals surface area contributed by atoms with E-state index >= 15 is 0 Å². The molecule has 144 valence electrons. The maximum Gasteiger partial charge on any atom is 0.257 e. The topological polar surface area (TPSA) is 89.6 Å². The summed E-state index contributed by atoms with van der Waals surface area (Å²) in [6.45, 7) is 6.24. The molecule has 0 radical (unpaired) electrons. The Kier molecular flexibility index (Phi) is 7.64. The number of nitrogens with two attached hydrogens (primary N) is 1. The van der Waals surface area contributed by atoms with Crippen LogP contribution in [0.3, 0.4) is 0 Å². The van der Waals surface area contributed by atoms with Crippen LogP contribution in [-0.2, 0) is 28.1 Å². The van der Waals surface area contributed by atoms with Crippen LogP contribution in [0.2, 0.25) is 0 Å². The van der Waals surface area contributed by atoms with Crippen molar-refractivity contribution in [3.05, 3.63) is 50.7 Å². The SMILES string of the molecule is CCC(CCc1ccc(O)c(CN)c1)c1cc(C)c(C(C)O[SH](=O)=O)s1. The number of hydrogen-bond acceptors (Lipinski definition) is 6. The first-order valence-electron chi connectivity index (χ1n) is 8.77. The van der Waals surface area contributed by atoms with Crippen LogP contribution in [0, 0.1) is 6.92 Å². The van der Waals surface area contributed by atoms with Gasteiger partial charge in [-0.2, -0.15) is 0 Å². The van der Waals surface area contributed by atoms with Gasteiger partial charge in [0.15, 0.2) is 0 Å². The Morgan fingerprint density at radius 1 is 1.31 bits per heavy atom. The first-order valence-corrected chi connectivity index (χ1v) is 10.7. The molecule has 1 aromatic carbocycles. The van der Waals surface area contributed by atoms with Crippen LogP contribution < -0.4 is 5.73 Å². The molecule has 0 amide bonds. The van der Waals surface area contributed by atoms with E-state index in [0.29, 0.717) is 12.5 Å². The Bertz CT molecular complexity index is 806. The number of aryl methyl sites for hydroxylation is 2. The molecule has 0 fully saturated rings. The lowest BCUT2D eigenvalue weighted by Gasteiger charge is -2.14. The number of thiophene rings is 1. The number of thiol groups is 1. The van der Waals surface area contributed by atoms with Gasteiger partial charge in [0.1, 0.15) is 11.9 Å². The third kappa shape index (κ3) is 5.30. The van der Waals surface area contributed by atoms with Crippen LogP contribution in [0.5, 0.6) is 5.75 Å². The second kappa shape index (κ2) is 9.50. The molecular weight excluding hydrogens is 370 g/mol. The van der Waals surface area contributed by atoms with E-state index < -0.39 is 17.1 Å². The van der Waals surface area contributed by atoms with Crippen molar-refractivity contribution in [2.24, 2.45) is 5.73 Å². The van der Waals surface area contributed by atoms with E-state index in [0.717, 1.165) is 40.8 Å². The molecule has 2 unspecified atom stereocenters. The molecule has 26 heavy (non-hydrogen) atoms.